The molecule has 3 aromatic rings. The molecule has 9 nitrogen and oxygen atoms in total. The van der Waals surface area contributed by atoms with Crippen LogP contribution in [0.25, 0.3) is 5.69 Å². The average Bonchev–Trinajstić information content (AvgIpc) is 3.05. The topological polar surface area (TPSA) is 122 Å². The van der Waals surface area contributed by atoms with Gasteiger partial charge in [-0.25, -0.2) is 10.1 Å². The minimum atomic E-state index is -4.57. The first-order valence-electron chi connectivity index (χ1n) is 9.07. The number of hydrazone groups is 1. The van der Waals surface area contributed by atoms with Crippen LogP contribution in [0.2, 0.25) is 0 Å². The second kappa shape index (κ2) is 8.49. The minimum Gasteiger partial charge on any atom is -0.295 e. The van der Waals surface area contributed by atoms with Crippen LogP contribution in [0.15, 0.2) is 58.4 Å². The second-order valence-electron chi connectivity index (χ2n) is 6.75. The summed E-state index contributed by atoms with van der Waals surface area (Å²) in [6.45, 7) is 2.96. The summed E-state index contributed by atoms with van der Waals surface area (Å²) < 4.78 is 39.9. The molecule has 0 atom stereocenters. The molecule has 12 heteroatoms. The van der Waals surface area contributed by atoms with Crippen molar-refractivity contribution in [3.05, 3.63) is 91.4 Å². The fourth-order valence-corrected chi connectivity index (χ4v) is 2.99. The van der Waals surface area contributed by atoms with Crippen LogP contribution < -0.4 is 11.0 Å². The van der Waals surface area contributed by atoms with Gasteiger partial charge >= 0.3 is 6.18 Å². The SMILES string of the molecule is CC(=NNC(=O)c1cccc([N+](=O)[O-])c1)c1c(C)[nH]n(-c2cccc(C(F)(F)F)c2)c1=O. The third kappa shape index (κ3) is 4.58. The van der Waals surface area contributed by atoms with Gasteiger partial charge in [0.25, 0.3) is 17.2 Å². The Bertz CT molecular complexity index is 1290. The van der Waals surface area contributed by atoms with Crippen LogP contribution >= 0.6 is 0 Å². The van der Waals surface area contributed by atoms with Crippen molar-refractivity contribution >= 4 is 17.3 Å². The zero-order chi connectivity index (χ0) is 23.6. The van der Waals surface area contributed by atoms with E-state index in [1.165, 1.54) is 44.2 Å². The number of carbonyl (C=O) groups is 1. The zero-order valence-electron chi connectivity index (χ0n) is 16.7. The third-order valence-electron chi connectivity index (χ3n) is 4.51. The summed E-state index contributed by atoms with van der Waals surface area (Å²) in [7, 11) is 0. The van der Waals surface area contributed by atoms with E-state index in [1.54, 1.807) is 0 Å². The number of nitrogens with zero attached hydrogens (tertiary/aromatic N) is 3. The molecule has 0 aliphatic heterocycles. The minimum absolute atomic E-state index is 0.0112. The number of hydrogen-bond acceptors (Lipinski definition) is 5. The Morgan fingerprint density at radius 2 is 1.88 bits per heavy atom. The predicted octanol–water partition coefficient (Wildman–Crippen LogP) is 3.56. The third-order valence-corrected chi connectivity index (χ3v) is 4.51. The van der Waals surface area contributed by atoms with Crippen molar-refractivity contribution in [1.82, 2.24) is 15.2 Å². The molecule has 1 aromatic heterocycles. The summed E-state index contributed by atoms with van der Waals surface area (Å²) in [4.78, 5) is 35.2. The van der Waals surface area contributed by atoms with Gasteiger partial charge in [0.1, 0.15) is 0 Å². The van der Waals surface area contributed by atoms with Crippen LogP contribution in [0.1, 0.15) is 34.1 Å². The summed E-state index contributed by atoms with van der Waals surface area (Å²) >= 11 is 0. The summed E-state index contributed by atoms with van der Waals surface area (Å²) in [6, 6.07) is 9.24. The molecule has 0 unspecified atom stereocenters. The van der Waals surface area contributed by atoms with E-state index < -0.39 is 28.1 Å². The van der Waals surface area contributed by atoms with Crippen LogP contribution in [-0.2, 0) is 6.18 Å². The highest BCUT2D eigenvalue weighted by molar-refractivity contribution is 6.01. The van der Waals surface area contributed by atoms with Gasteiger partial charge in [-0.3, -0.25) is 24.8 Å². The average molecular weight is 447 g/mol. The molecular weight excluding hydrogens is 431 g/mol. The molecule has 1 amide bonds. The number of non-ortho nitro benzene ring substituents is 1. The van der Waals surface area contributed by atoms with E-state index in [9.17, 15) is 32.9 Å². The van der Waals surface area contributed by atoms with Gasteiger partial charge in [0.15, 0.2) is 0 Å². The fraction of sp³-hybridized carbons (Fsp3) is 0.150. The molecule has 2 aromatic carbocycles. The van der Waals surface area contributed by atoms with Crippen molar-refractivity contribution in [3.63, 3.8) is 0 Å². The Balaban J connectivity index is 1.89. The van der Waals surface area contributed by atoms with Crippen molar-refractivity contribution < 1.29 is 22.9 Å². The molecule has 0 spiro atoms. The summed E-state index contributed by atoms with van der Waals surface area (Å²) in [5.74, 6) is -0.737. The van der Waals surface area contributed by atoms with Crippen molar-refractivity contribution in [3.8, 4) is 5.69 Å². The number of benzene rings is 2. The van der Waals surface area contributed by atoms with Crippen LogP contribution in [0.3, 0.4) is 0 Å². The van der Waals surface area contributed by atoms with Crippen molar-refractivity contribution in [2.45, 2.75) is 20.0 Å². The van der Waals surface area contributed by atoms with E-state index in [1.807, 2.05) is 0 Å². The number of nitro groups is 1. The number of alkyl halides is 3. The lowest BCUT2D eigenvalue weighted by atomic mass is 10.1. The maximum atomic E-state index is 13.0. The van der Waals surface area contributed by atoms with Gasteiger partial charge in [0.2, 0.25) is 0 Å². The number of nitrogens with one attached hydrogen (secondary N) is 2. The Labute approximate surface area is 178 Å². The molecular formula is C20H16F3N5O4. The first-order valence-corrected chi connectivity index (χ1v) is 9.07. The van der Waals surface area contributed by atoms with Crippen molar-refractivity contribution in [2.24, 2.45) is 5.10 Å². The van der Waals surface area contributed by atoms with Gasteiger partial charge in [-0.05, 0) is 38.1 Å². The smallest absolute Gasteiger partial charge is 0.295 e. The van der Waals surface area contributed by atoms with Crippen LogP contribution in [0, 0.1) is 17.0 Å². The number of H-pyrrole nitrogens is 1. The van der Waals surface area contributed by atoms with Gasteiger partial charge in [0, 0.05) is 23.4 Å². The molecule has 1 heterocycles. The molecule has 166 valence electrons. The maximum absolute atomic E-state index is 13.0. The Kier molecular flexibility index (Phi) is 5.96. The lowest BCUT2D eigenvalue weighted by molar-refractivity contribution is -0.384. The standard InChI is InChI=1S/C20H16F3N5O4/c1-11(24-25-18(29)13-5-3-8-16(9-13)28(31)32)17-12(2)26-27(19(17)30)15-7-4-6-14(10-15)20(21,22)23/h3-10,26H,1-2H3,(H,25,29). The largest absolute Gasteiger partial charge is 0.416 e. The highest BCUT2D eigenvalue weighted by atomic mass is 19.4. The molecule has 0 radical (unpaired) electrons. The number of amides is 1. The van der Waals surface area contributed by atoms with E-state index in [0.717, 1.165) is 22.9 Å². The Morgan fingerprint density at radius 1 is 1.19 bits per heavy atom. The van der Waals surface area contributed by atoms with Gasteiger partial charge < -0.3 is 0 Å². The molecule has 2 N–H and O–H groups in total. The normalized spacial score (nSPS) is 12.0. The predicted molar refractivity (Wildman–Crippen MR) is 109 cm³/mol. The monoisotopic (exact) mass is 447 g/mol. The number of halogens is 3. The molecule has 0 bridgehead atoms. The lowest BCUT2D eigenvalue weighted by Gasteiger charge is -2.08. The molecule has 3 rings (SSSR count). The number of hydrogen-bond donors (Lipinski definition) is 2. The number of nitro benzene ring substituents is 1. The highest BCUT2D eigenvalue weighted by Gasteiger charge is 2.30. The van der Waals surface area contributed by atoms with Crippen molar-refractivity contribution in [1.29, 1.82) is 0 Å². The fourth-order valence-electron chi connectivity index (χ4n) is 2.99. The molecule has 0 aliphatic rings. The molecule has 32 heavy (non-hydrogen) atoms. The number of aryl methyl sites for hydroxylation is 1. The lowest BCUT2D eigenvalue weighted by Crippen LogP contribution is -2.23. The van der Waals surface area contributed by atoms with Gasteiger partial charge in [-0.1, -0.05) is 12.1 Å². The van der Waals surface area contributed by atoms with Gasteiger partial charge in [-0.15, -0.1) is 0 Å². The highest BCUT2D eigenvalue weighted by Crippen LogP contribution is 2.30. The summed E-state index contributed by atoms with van der Waals surface area (Å²) in [5, 5.41) is 17.4. The first-order chi connectivity index (χ1) is 15.0. The quantitative estimate of drug-likeness (QED) is 0.353. The Hall–Kier alpha value is -4.22. The van der Waals surface area contributed by atoms with Crippen LogP contribution in [-0.4, -0.2) is 26.3 Å². The number of aromatic nitrogens is 2. The van der Waals surface area contributed by atoms with E-state index >= 15 is 0 Å². The Morgan fingerprint density at radius 3 is 2.53 bits per heavy atom. The van der Waals surface area contributed by atoms with Crippen molar-refractivity contribution in [2.75, 3.05) is 0 Å². The number of aromatic amines is 1. The second-order valence-corrected chi connectivity index (χ2v) is 6.75. The van der Waals surface area contributed by atoms with E-state index in [0.29, 0.717) is 5.69 Å². The van der Waals surface area contributed by atoms with Crippen LogP contribution in [0.5, 0.6) is 0 Å². The zero-order valence-corrected chi connectivity index (χ0v) is 16.7. The molecule has 0 saturated carbocycles. The molecule has 0 saturated heterocycles. The number of rotatable bonds is 5. The van der Waals surface area contributed by atoms with Crippen LogP contribution in [0.4, 0.5) is 18.9 Å². The first kappa shape index (κ1) is 22.5. The summed E-state index contributed by atoms with van der Waals surface area (Å²) in [6.07, 6.45) is -4.57. The maximum Gasteiger partial charge on any atom is 0.416 e. The summed E-state index contributed by atoms with van der Waals surface area (Å²) in [5.41, 5.74) is 0.800. The molecule has 0 fully saturated rings. The van der Waals surface area contributed by atoms with E-state index in [4.69, 9.17) is 0 Å². The van der Waals surface area contributed by atoms with E-state index in [-0.39, 0.29) is 28.2 Å². The van der Waals surface area contributed by atoms with E-state index in [2.05, 4.69) is 15.6 Å². The number of carbonyl (C=O) groups excluding carboxylic acids is 1. The van der Waals surface area contributed by atoms with Gasteiger partial charge in [-0.2, -0.15) is 18.3 Å². The molecule has 0 aliphatic carbocycles. The van der Waals surface area contributed by atoms with Gasteiger partial charge in [0.05, 0.1) is 27.4 Å².